The van der Waals surface area contributed by atoms with Crippen LogP contribution in [0.1, 0.15) is 39.5 Å². The number of piperazine rings is 1. The van der Waals surface area contributed by atoms with Gasteiger partial charge in [-0.1, -0.05) is 12.8 Å². The molecule has 28 heavy (non-hydrogen) atoms. The van der Waals surface area contributed by atoms with Crippen molar-refractivity contribution in [2.75, 3.05) is 56.7 Å². The maximum Gasteiger partial charge on any atom is 0.322 e. The number of nitrogens with zero attached hydrogens (tertiary/aromatic N) is 4. The van der Waals surface area contributed by atoms with Crippen LogP contribution in [-0.4, -0.2) is 79.3 Å². The summed E-state index contributed by atoms with van der Waals surface area (Å²) in [7, 11) is 1.65. The molecular formula is C21H35N5O2. The third kappa shape index (κ3) is 5.35. The van der Waals surface area contributed by atoms with Crippen molar-refractivity contribution in [2.45, 2.75) is 51.6 Å². The van der Waals surface area contributed by atoms with Crippen molar-refractivity contribution in [3.8, 4) is 0 Å². The summed E-state index contributed by atoms with van der Waals surface area (Å²) in [5.41, 5.74) is 0.788. The zero-order valence-electron chi connectivity index (χ0n) is 17.6. The summed E-state index contributed by atoms with van der Waals surface area (Å²) in [6.07, 6.45) is 7.26. The van der Waals surface area contributed by atoms with Crippen molar-refractivity contribution in [3.63, 3.8) is 0 Å². The molecule has 1 aliphatic carbocycles. The SMILES string of the molecule is COCCN(C(=O)Nc1ccnc(N2CCN(C3CCCC3)CC2)c1)C(C)C. The van der Waals surface area contributed by atoms with Crippen molar-refractivity contribution in [1.29, 1.82) is 0 Å². The molecule has 0 aromatic carbocycles. The summed E-state index contributed by atoms with van der Waals surface area (Å²) in [6, 6.07) is 4.63. The predicted octanol–water partition coefficient (Wildman–Crippen LogP) is 3.03. The number of carbonyl (C=O) groups excluding carboxylic acids is 1. The van der Waals surface area contributed by atoms with E-state index in [9.17, 15) is 4.79 Å². The van der Waals surface area contributed by atoms with Crippen LogP contribution in [0.5, 0.6) is 0 Å². The highest BCUT2D eigenvalue weighted by atomic mass is 16.5. The minimum Gasteiger partial charge on any atom is -0.383 e. The lowest BCUT2D eigenvalue weighted by Crippen LogP contribution is -2.50. The molecule has 0 unspecified atom stereocenters. The third-order valence-corrected chi connectivity index (χ3v) is 5.90. The van der Waals surface area contributed by atoms with E-state index in [-0.39, 0.29) is 12.1 Å². The summed E-state index contributed by atoms with van der Waals surface area (Å²) in [5.74, 6) is 0.942. The summed E-state index contributed by atoms with van der Waals surface area (Å²) in [6.45, 7) is 9.30. The summed E-state index contributed by atoms with van der Waals surface area (Å²) in [4.78, 5) is 24.0. The van der Waals surface area contributed by atoms with E-state index in [1.807, 2.05) is 26.0 Å². The molecule has 7 nitrogen and oxygen atoms in total. The fourth-order valence-electron chi connectivity index (χ4n) is 4.23. The molecule has 3 rings (SSSR count). The highest BCUT2D eigenvalue weighted by molar-refractivity contribution is 5.89. The van der Waals surface area contributed by atoms with Crippen LogP contribution in [0.4, 0.5) is 16.3 Å². The van der Waals surface area contributed by atoms with Gasteiger partial charge in [0.2, 0.25) is 0 Å². The summed E-state index contributed by atoms with van der Waals surface area (Å²) < 4.78 is 5.12. The summed E-state index contributed by atoms with van der Waals surface area (Å²) >= 11 is 0. The van der Waals surface area contributed by atoms with Gasteiger partial charge >= 0.3 is 6.03 Å². The molecule has 2 heterocycles. The van der Waals surface area contributed by atoms with Crippen LogP contribution < -0.4 is 10.2 Å². The maximum absolute atomic E-state index is 12.7. The molecule has 2 aliphatic rings. The average Bonchev–Trinajstić information content (AvgIpc) is 3.23. The molecule has 1 saturated carbocycles. The van der Waals surface area contributed by atoms with Gasteiger partial charge in [-0.15, -0.1) is 0 Å². The van der Waals surface area contributed by atoms with Crippen molar-refractivity contribution in [2.24, 2.45) is 0 Å². The van der Waals surface area contributed by atoms with Gasteiger partial charge < -0.3 is 19.9 Å². The van der Waals surface area contributed by atoms with E-state index in [0.717, 1.165) is 43.7 Å². The smallest absolute Gasteiger partial charge is 0.322 e. The molecule has 1 aliphatic heterocycles. The van der Waals surface area contributed by atoms with Gasteiger partial charge in [0.05, 0.1) is 6.61 Å². The van der Waals surface area contributed by atoms with Crippen LogP contribution in [0.15, 0.2) is 18.3 Å². The Hall–Kier alpha value is -1.86. The molecule has 7 heteroatoms. The largest absolute Gasteiger partial charge is 0.383 e. The van der Waals surface area contributed by atoms with Crippen molar-refractivity contribution in [3.05, 3.63) is 18.3 Å². The van der Waals surface area contributed by atoms with Gasteiger partial charge in [0.1, 0.15) is 5.82 Å². The number of aromatic nitrogens is 1. The zero-order chi connectivity index (χ0) is 19.9. The van der Waals surface area contributed by atoms with E-state index in [0.29, 0.717) is 13.2 Å². The number of anilines is 2. The molecular weight excluding hydrogens is 354 g/mol. The van der Waals surface area contributed by atoms with Gasteiger partial charge in [0, 0.05) is 69.9 Å². The Kier molecular flexibility index (Phi) is 7.50. The Morgan fingerprint density at radius 3 is 2.64 bits per heavy atom. The van der Waals surface area contributed by atoms with Crippen LogP contribution in [0.25, 0.3) is 0 Å². The van der Waals surface area contributed by atoms with Gasteiger partial charge in [-0.2, -0.15) is 0 Å². The minimum absolute atomic E-state index is 0.102. The Bertz CT molecular complexity index is 625. The first-order chi connectivity index (χ1) is 13.6. The molecule has 1 saturated heterocycles. The van der Waals surface area contributed by atoms with E-state index in [4.69, 9.17) is 4.74 Å². The predicted molar refractivity (Wildman–Crippen MR) is 113 cm³/mol. The molecule has 0 bridgehead atoms. The molecule has 0 spiro atoms. The Balaban J connectivity index is 1.57. The quantitative estimate of drug-likeness (QED) is 0.777. The van der Waals surface area contributed by atoms with E-state index in [2.05, 4.69) is 20.1 Å². The molecule has 156 valence electrons. The molecule has 1 aromatic rings. The molecule has 0 atom stereocenters. The van der Waals surface area contributed by atoms with Gasteiger partial charge in [-0.3, -0.25) is 4.90 Å². The number of ether oxygens (including phenoxy) is 1. The topological polar surface area (TPSA) is 60.9 Å². The highest BCUT2D eigenvalue weighted by Gasteiger charge is 2.26. The molecule has 2 amide bonds. The number of methoxy groups -OCH3 is 1. The first kappa shape index (κ1) is 20.9. The van der Waals surface area contributed by atoms with E-state index < -0.39 is 0 Å². The number of carbonyl (C=O) groups is 1. The summed E-state index contributed by atoms with van der Waals surface area (Å²) in [5, 5.41) is 3.02. The van der Waals surface area contributed by atoms with Crippen LogP contribution in [-0.2, 0) is 4.74 Å². The number of pyridine rings is 1. The monoisotopic (exact) mass is 389 g/mol. The highest BCUT2D eigenvalue weighted by Crippen LogP contribution is 2.25. The number of amides is 2. The second-order valence-corrected chi connectivity index (χ2v) is 8.07. The Labute approximate surface area is 169 Å². The van der Waals surface area contributed by atoms with Gasteiger partial charge in [-0.25, -0.2) is 9.78 Å². The fraction of sp³-hybridized carbons (Fsp3) is 0.714. The van der Waals surface area contributed by atoms with Crippen molar-refractivity contribution in [1.82, 2.24) is 14.8 Å². The van der Waals surface area contributed by atoms with E-state index in [1.165, 1.54) is 25.7 Å². The number of hydrogen-bond donors (Lipinski definition) is 1. The normalized spacial score (nSPS) is 18.6. The lowest BCUT2D eigenvalue weighted by molar-refractivity contribution is 0.143. The first-order valence-electron chi connectivity index (χ1n) is 10.6. The van der Waals surface area contributed by atoms with E-state index >= 15 is 0 Å². The van der Waals surface area contributed by atoms with Gasteiger partial charge in [0.15, 0.2) is 0 Å². The first-order valence-corrected chi connectivity index (χ1v) is 10.6. The fourth-order valence-corrected chi connectivity index (χ4v) is 4.23. The Morgan fingerprint density at radius 1 is 1.29 bits per heavy atom. The standard InChI is InChI=1S/C21H35N5O2/c1-17(2)26(14-15-28-3)21(27)23-18-8-9-22-20(16-18)25-12-10-24(11-13-25)19-6-4-5-7-19/h8-9,16-17,19H,4-7,10-15H2,1-3H3,(H,22,23,27). The van der Waals surface area contributed by atoms with Crippen LogP contribution >= 0.6 is 0 Å². The maximum atomic E-state index is 12.7. The Morgan fingerprint density at radius 2 is 2.00 bits per heavy atom. The molecule has 0 radical (unpaired) electrons. The van der Waals surface area contributed by atoms with Crippen molar-refractivity contribution < 1.29 is 9.53 Å². The number of hydrogen-bond acceptors (Lipinski definition) is 5. The lowest BCUT2D eigenvalue weighted by Gasteiger charge is -2.38. The third-order valence-electron chi connectivity index (χ3n) is 5.90. The number of urea groups is 1. The second-order valence-electron chi connectivity index (χ2n) is 8.07. The number of rotatable bonds is 7. The van der Waals surface area contributed by atoms with Crippen molar-refractivity contribution >= 4 is 17.5 Å². The lowest BCUT2D eigenvalue weighted by atomic mass is 10.2. The average molecular weight is 390 g/mol. The zero-order valence-corrected chi connectivity index (χ0v) is 17.6. The van der Waals surface area contributed by atoms with Crippen LogP contribution in [0.2, 0.25) is 0 Å². The molecule has 2 fully saturated rings. The van der Waals surface area contributed by atoms with Gasteiger partial charge in [-0.05, 0) is 32.8 Å². The van der Waals surface area contributed by atoms with Gasteiger partial charge in [0.25, 0.3) is 0 Å². The van der Waals surface area contributed by atoms with Crippen LogP contribution in [0.3, 0.4) is 0 Å². The number of nitrogens with one attached hydrogen (secondary N) is 1. The minimum atomic E-state index is -0.102. The molecule has 1 aromatic heterocycles. The van der Waals surface area contributed by atoms with E-state index in [1.54, 1.807) is 18.2 Å². The molecule has 1 N–H and O–H groups in total. The van der Waals surface area contributed by atoms with Crippen LogP contribution in [0, 0.1) is 0 Å². The second kappa shape index (κ2) is 10.1.